The normalized spacial score (nSPS) is 20.3. The summed E-state index contributed by atoms with van der Waals surface area (Å²) in [6, 6.07) is 0.100. The highest BCUT2D eigenvalue weighted by atomic mass is 16.5. The molecule has 6 nitrogen and oxygen atoms in total. The zero-order chi connectivity index (χ0) is 19.3. The van der Waals surface area contributed by atoms with Crippen molar-refractivity contribution in [3.05, 3.63) is 28.6 Å². The van der Waals surface area contributed by atoms with Crippen LogP contribution in [0.2, 0.25) is 0 Å². The van der Waals surface area contributed by atoms with Crippen LogP contribution in [-0.4, -0.2) is 40.3 Å². The summed E-state index contributed by atoms with van der Waals surface area (Å²) < 4.78 is 7.24. The maximum absolute atomic E-state index is 12.4. The third-order valence-electron chi connectivity index (χ3n) is 5.07. The zero-order valence-corrected chi connectivity index (χ0v) is 16.2. The number of ether oxygens (including phenoxy) is 1. The molecule has 0 radical (unpaired) electrons. The molecule has 0 saturated heterocycles. The van der Waals surface area contributed by atoms with Gasteiger partial charge in [-0.25, -0.2) is 4.79 Å². The fourth-order valence-corrected chi connectivity index (χ4v) is 3.68. The van der Waals surface area contributed by atoms with E-state index in [1.807, 2.05) is 25.3 Å². The first-order chi connectivity index (χ1) is 12.4. The molecule has 0 bridgehead atoms. The number of aliphatic hydroxyl groups is 1. The second-order valence-corrected chi connectivity index (χ2v) is 6.77. The molecule has 0 aliphatic heterocycles. The molecule has 6 heteroatoms. The molecule has 1 aromatic rings. The number of hydrogen-bond donors (Lipinski definition) is 2. The third kappa shape index (κ3) is 4.55. The maximum Gasteiger partial charge on any atom is 0.340 e. The number of rotatable bonds is 6. The Bertz CT molecular complexity index is 682. The first-order valence-electron chi connectivity index (χ1n) is 9.42. The van der Waals surface area contributed by atoms with Gasteiger partial charge < -0.3 is 19.7 Å². The van der Waals surface area contributed by atoms with E-state index in [1.165, 1.54) is 6.08 Å². The molecule has 1 aliphatic rings. The number of nitrogens with zero attached hydrogens (tertiary/aromatic N) is 1. The van der Waals surface area contributed by atoms with Crippen LogP contribution in [-0.2, 0) is 16.1 Å². The summed E-state index contributed by atoms with van der Waals surface area (Å²) in [5, 5.41) is 12.5. The highest BCUT2D eigenvalue weighted by molar-refractivity contribution is 5.98. The third-order valence-corrected chi connectivity index (χ3v) is 5.07. The topological polar surface area (TPSA) is 80.6 Å². The van der Waals surface area contributed by atoms with Gasteiger partial charge in [0.2, 0.25) is 5.91 Å². The van der Waals surface area contributed by atoms with Gasteiger partial charge in [0, 0.05) is 35.6 Å². The maximum atomic E-state index is 12.4. The number of hydrogen-bond acceptors (Lipinski definition) is 4. The fourth-order valence-electron chi connectivity index (χ4n) is 3.68. The summed E-state index contributed by atoms with van der Waals surface area (Å²) in [6.45, 7) is 8.70. The van der Waals surface area contributed by atoms with E-state index in [-0.39, 0.29) is 24.0 Å². The Morgan fingerprint density at radius 1 is 1.19 bits per heavy atom. The number of carbonyl (C=O) groups excluding carboxylic acids is 2. The molecule has 1 saturated carbocycles. The molecule has 1 aliphatic carbocycles. The SMILES string of the molecule is CCOC(=O)c1c(/C=C/C(=O)NC2CCC(O)CC2)c(C)n(CC)c1C. The van der Waals surface area contributed by atoms with Gasteiger partial charge >= 0.3 is 5.97 Å². The minimum absolute atomic E-state index is 0.100. The van der Waals surface area contributed by atoms with Gasteiger partial charge in [-0.05, 0) is 59.5 Å². The molecule has 1 fully saturated rings. The molecule has 1 amide bonds. The van der Waals surface area contributed by atoms with E-state index in [9.17, 15) is 14.7 Å². The highest BCUT2D eigenvalue weighted by Crippen LogP contribution is 2.25. The van der Waals surface area contributed by atoms with E-state index in [4.69, 9.17) is 4.74 Å². The van der Waals surface area contributed by atoms with E-state index >= 15 is 0 Å². The summed E-state index contributed by atoms with van der Waals surface area (Å²) in [4.78, 5) is 24.6. The molecule has 2 N–H and O–H groups in total. The van der Waals surface area contributed by atoms with Crippen LogP contribution in [0.5, 0.6) is 0 Å². The van der Waals surface area contributed by atoms with E-state index in [1.54, 1.807) is 13.0 Å². The van der Waals surface area contributed by atoms with Crippen LogP contribution in [0.15, 0.2) is 6.08 Å². The van der Waals surface area contributed by atoms with Crippen LogP contribution < -0.4 is 5.32 Å². The molecule has 0 unspecified atom stereocenters. The molecule has 1 aromatic heterocycles. The monoisotopic (exact) mass is 362 g/mol. The molecule has 144 valence electrons. The van der Waals surface area contributed by atoms with Crippen LogP contribution in [0, 0.1) is 13.8 Å². The van der Waals surface area contributed by atoms with Crippen LogP contribution in [0.4, 0.5) is 0 Å². The quantitative estimate of drug-likeness (QED) is 0.602. The summed E-state index contributed by atoms with van der Waals surface area (Å²) >= 11 is 0. The van der Waals surface area contributed by atoms with Crippen molar-refractivity contribution in [3.8, 4) is 0 Å². The number of nitrogens with one attached hydrogen (secondary N) is 1. The van der Waals surface area contributed by atoms with E-state index in [2.05, 4.69) is 5.32 Å². The number of carbonyl (C=O) groups is 2. The molecule has 1 heterocycles. The van der Waals surface area contributed by atoms with Gasteiger partial charge in [0.15, 0.2) is 0 Å². The Balaban J connectivity index is 2.17. The predicted molar refractivity (Wildman–Crippen MR) is 101 cm³/mol. The van der Waals surface area contributed by atoms with Gasteiger partial charge in [0.25, 0.3) is 0 Å². The van der Waals surface area contributed by atoms with Crippen molar-refractivity contribution in [2.45, 2.75) is 72.1 Å². The summed E-state index contributed by atoms with van der Waals surface area (Å²) in [5.41, 5.74) is 3.05. The lowest BCUT2D eigenvalue weighted by atomic mass is 9.93. The van der Waals surface area contributed by atoms with Gasteiger partial charge in [0.1, 0.15) is 0 Å². The number of esters is 1. The standard InChI is InChI=1S/C20H30N2O4/c1-5-22-13(3)17(19(14(22)4)20(25)26-6-2)11-12-18(24)21-15-7-9-16(23)10-8-15/h11-12,15-16,23H,5-10H2,1-4H3,(H,21,24)/b12-11+. The van der Waals surface area contributed by atoms with Crippen molar-refractivity contribution >= 4 is 18.0 Å². The first kappa shape index (κ1) is 20.2. The minimum atomic E-state index is -0.360. The van der Waals surface area contributed by atoms with Gasteiger partial charge in [0.05, 0.1) is 18.3 Å². The molecule has 2 rings (SSSR count). The van der Waals surface area contributed by atoms with Crippen molar-refractivity contribution in [1.82, 2.24) is 9.88 Å². The first-order valence-corrected chi connectivity index (χ1v) is 9.42. The van der Waals surface area contributed by atoms with Crippen LogP contribution in [0.25, 0.3) is 6.08 Å². The lowest BCUT2D eigenvalue weighted by Gasteiger charge is -2.25. The fraction of sp³-hybridized carbons (Fsp3) is 0.600. The van der Waals surface area contributed by atoms with Crippen molar-refractivity contribution in [2.24, 2.45) is 0 Å². The minimum Gasteiger partial charge on any atom is -0.462 e. The molecule has 0 atom stereocenters. The second kappa shape index (κ2) is 9.03. The lowest BCUT2D eigenvalue weighted by Crippen LogP contribution is -2.37. The van der Waals surface area contributed by atoms with Crippen LogP contribution >= 0.6 is 0 Å². The van der Waals surface area contributed by atoms with Crippen molar-refractivity contribution in [1.29, 1.82) is 0 Å². The zero-order valence-electron chi connectivity index (χ0n) is 16.2. The Kier molecular flexibility index (Phi) is 7.03. The summed E-state index contributed by atoms with van der Waals surface area (Å²) in [5.74, 6) is -0.538. The molecular weight excluding hydrogens is 332 g/mol. The smallest absolute Gasteiger partial charge is 0.340 e. The molecule has 0 aromatic carbocycles. The van der Waals surface area contributed by atoms with Crippen LogP contribution in [0.3, 0.4) is 0 Å². The van der Waals surface area contributed by atoms with E-state index in [0.29, 0.717) is 12.2 Å². The lowest BCUT2D eigenvalue weighted by molar-refractivity contribution is -0.117. The van der Waals surface area contributed by atoms with E-state index in [0.717, 1.165) is 49.2 Å². The van der Waals surface area contributed by atoms with Gasteiger partial charge in [-0.2, -0.15) is 0 Å². The predicted octanol–water partition coefficient (Wildman–Crippen LogP) is 2.73. The number of amides is 1. The molecular formula is C20H30N2O4. The summed E-state index contributed by atoms with van der Waals surface area (Å²) in [6.07, 6.45) is 5.96. The van der Waals surface area contributed by atoms with Gasteiger partial charge in [-0.1, -0.05) is 0 Å². The Morgan fingerprint density at radius 3 is 2.42 bits per heavy atom. The summed E-state index contributed by atoms with van der Waals surface area (Å²) in [7, 11) is 0. The average molecular weight is 362 g/mol. The number of aromatic nitrogens is 1. The van der Waals surface area contributed by atoms with Crippen LogP contribution in [0.1, 0.15) is 66.8 Å². The van der Waals surface area contributed by atoms with Crippen molar-refractivity contribution in [2.75, 3.05) is 6.61 Å². The Hall–Kier alpha value is -2.08. The van der Waals surface area contributed by atoms with Gasteiger partial charge in [-0.15, -0.1) is 0 Å². The van der Waals surface area contributed by atoms with Crippen molar-refractivity contribution in [3.63, 3.8) is 0 Å². The Morgan fingerprint density at radius 2 is 1.85 bits per heavy atom. The number of aliphatic hydroxyl groups excluding tert-OH is 1. The van der Waals surface area contributed by atoms with E-state index < -0.39 is 0 Å². The second-order valence-electron chi connectivity index (χ2n) is 6.77. The highest BCUT2D eigenvalue weighted by Gasteiger charge is 2.23. The Labute approximate surface area is 155 Å². The average Bonchev–Trinajstić information content (AvgIpc) is 2.85. The van der Waals surface area contributed by atoms with Crippen molar-refractivity contribution < 1.29 is 19.4 Å². The van der Waals surface area contributed by atoms with Gasteiger partial charge in [-0.3, -0.25) is 4.79 Å². The molecule has 26 heavy (non-hydrogen) atoms. The largest absolute Gasteiger partial charge is 0.462 e. The molecule has 0 spiro atoms.